The van der Waals surface area contributed by atoms with Gasteiger partial charge in [-0.3, -0.25) is 9.59 Å². The van der Waals surface area contributed by atoms with E-state index in [9.17, 15) is 9.59 Å². The van der Waals surface area contributed by atoms with Crippen molar-refractivity contribution in [3.8, 4) is 0 Å². The molecule has 1 aromatic heterocycles. The Balaban J connectivity index is 1.76. The zero-order valence-electron chi connectivity index (χ0n) is 17.8. The van der Waals surface area contributed by atoms with E-state index in [0.29, 0.717) is 23.4 Å². The number of anilines is 2. The third-order valence-electron chi connectivity index (χ3n) is 5.73. The first kappa shape index (κ1) is 21.3. The molecule has 6 nitrogen and oxygen atoms in total. The van der Waals surface area contributed by atoms with E-state index in [-0.39, 0.29) is 11.7 Å². The molecule has 4 rings (SSSR count). The second-order valence-corrected chi connectivity index (χ2v) is 8.98. The molecular weight excluding hydrogens is 456 g/mol. The summed E-state index contributed by atoms with van der Waals surface area (Å²) in [5.74, 6) is -0.0953. The summed E-state index contributed by atoms with van der Waals surface area (Å²) >= 11 is 3.36. The number of allylic oxidation sites excluding steroid dienone is 3. The molecule has 2 aromatic rings. The first-order valence-electron chi connectivity index (χ1n) is 10.3. The van der Waals surface area contributed by atoms with Crippen LogP contribution in [0.4, 0.5) is 11.5 Å². The lowest BCUT2D eigenvalue weighted by Crippen LogP contribution is -2.35. The van der Waals surface area contributed by atoms with Crippen molar-refractivity contribution < 1.29 is 9.59 Å². The van der Waals surface area contributed by atoms with E-state index in [0.717, 1.165) is 40.0 Å². The van der Waals surface area contributed by atoms with Gasteiger partial charge in [-0.2, -0.15) is 0 Å². The van der Waals surface area contributed by atoms with Gasteiger partial charge in [-0.25, -0.2) is 4.98 Å². The highest BCUT2D eigenvalue weighted by Gasteiger charge is 2.38. The first-order valence-corrected chi connectivity index (χ1v) is 11.1. The van der Waals surface area contributed by atoms with Gasteiger partial charge in [0.2, 0.25) is 0 Å². The van der Waals surface area contributed by atoms with Crippen LogP contribution in [0.25, 0.3) is 0 Å². The topological polar surface area (TPSA) is 74.3 Å². The van der Waals surface area contributed by atoms with Crippen LogP contribution in [-0.2, 0) is 9.59 Å². The molecular formula is C24H25BrN4O2. The fraction of sp³-hybridized carbons (Fsp3) is 0.292. The molecule has 1 aliphatic heterocycles. The molecule has 7 heteroatoms. The Morgan fingerprint density at radius 2 is 1.90 bits per heavy atom. The highest BCUT2D eigenvalue weighted by molar-refractivity contribution is 9.10. The smallest absolute Gasteiger partial charge is 0.255 e. The van der Waals surface area contributed by atoms with E-state index in [1.165, 1.54) is 0 Å². The molecule has 0 bridgehead atoms. The Morgan fingerprint density at radius 1 is 1.16 bits per heavy atom. The maximum absolute atomic E-state index is 13.4. The third-order valence-corrected chi connectivity index (χ3v) is 6.20. The molecule has 2 heterocycles. The minimum Gasteiger partial charge on any atom is -0.378 e. The molecule has 0 radical (unpaired) electrons. The molecule has 0 saturated carbocycles. The lowest BCUT2D eigenvalue weighted by atomic mass is 9.75. The fourth-order valence-electron chi connectivity index (χ4n) is 4.22. The fourth-order valence-corrected chi connectivity index (χ4v) is 4.45. The molecule has 0 fully saturated rings. The maximum atomic E-state index is 13.4. The van der Waals surface area contributed by atoms with Gasteiger partial charge in [-0.05, 0) is 65.5 Å². The molecule has 0 saturated heterocycles. The number of nitrogens with zero attached hydrogens (tertiary/aromatic N) is 2. The summed E-state index contributed by atoms with van der Waals surface area (Å²) in [6.45, 7) is 1.90. The highest BCUT2D eigenvalue weighted by Crippen LogP contribution is 2.42. The van der Waals surface area contributed by atoms with E-state index >= 15 is 0 Å². The van der Waals surface area contributed by atoms with E-state index < -0.39 is 5.92 Å². The number of Topliss-reactive ketones (excluding diaryl/α,β-unsaturated/α-hetero) is 1. The summed E-state index contributed by atoms with van der Waals surface area (Å²) in [4.78, 5) is 32.7. The average Bonchev–Trinajstić information content (AvgIpc) is 2.74. The van der Waals surface area contributed by atoms with E-state index in [1.807, 2.05) is 56.3 Å². The molecule has 1 aliphatic carbocycles. The summed E-state index contributed by atoms with van der Waals surface area (Å²) in [5.41, 5.74) is 4.97. The van der Waals surface area contributed by atoms with Crippen LogP contribution in [0.15, 0.2) is 69.6 Å². The van der Waals surface area contributed by atoms with Gasteiger partial charge >= 0.3 is 0 Å². The highest BCUT2D eigenvalue weighted by atomic mass is 79.9. The number of hydrogen-bond acceptors (Lipinski definition) is 5. The Labute approximate surface area is 190 Å². The number of carbonyl (C=O) groups excluding carboxylic acids is 2. The summed E-state index contributed by atoms with van der Waals surface area (Å²) in [6, 6.07) is 11.6. The van der Waals surface area contributed by atoms with Crippen LogP contribution < -0.4 is 15.5 Å². The molecule has 0 unspecified atom stereocenters. The van der Waals surface area contributed by atoms with Gasteiger partial charge in [0.25, 0.3) is 5.91 Å². The van der Waals surface area contributed by atoms with Crippen LogP contribution in [-0.4, -0.2) is 30.8 Å². The van der Waals surface area contributed by atoms with Crippen LogP contribution in [0.1, 0.15) is 37.7 Å². The van der Waals surface area contributed by atoms with Gasteiger partial charge in [-0.15, -0.1) is 0 Å². The van der Waals surface area contributed by atoms with Gasteiger partial charge in [-0.1, -0.05) is 12.1 Å². The Hall–Kier alpha value is -2.93. The number of dihydropyridines is 1. The lowest BCUT2D eigenvalue weighted by molar-refractivity contribution is -0.116. The summed E-state index contributed by atoms with van der Waals surface area (Å²) < 4.78 is 0.835. The molecule has 1 aromatic carbocycles. The monoisotopic (exact) mass is 480 g/mol. The van der Waals surface area contributed by atoms with Crippen molar-refractivity contribution in [3.63, 3.8) is 0 Å². The molecule has 0 spiro atoms. The number of rotatable bonds is 4. The summed E-state index contributed by atoms with van der Waals surface area (Å²) in [7, 11) is 3.97. The van der Waals surface area contributed by atoms with Gasteiger partial charge in [0, 0.05) is 65.3 Å². The standard InChI is InChI=1S/C24H25BrN4O2/c1-14-21(24(31)28-20-12-9-16(25)13-26-20)22(15-7-10-17(11-8-15)29(2)3)23-18(27-14)5-4-6-19(23)30/h7-13,22,27H,4-6H2,1-3H3,(H,26,28,31)/t22-/m1/s1. The molecule has 2 aliphatic rings. The minimum absolute atomic E-state index is 0.106. The van der Waals surface area contributed by atoms with Gasteiger partial charge < -0.3 is 15.5 Å². The zero-order valence-corrected chi connectivity index (χ0v) is 19.4. The Kier molecular flexibility index (Phi) is 5.96. The lowest BCUT2D eigenvalue weighted by Gasteiger charge is -2.34. The van der Waals surface area contributed by atoms with E-state index in [2.05, 4.69) is 31.5 Å². The van der Waals surface area contributed by atoms with Crippen molar-refractivity contribution >= 4 is 39.1 Å². The number of hydrogen-bond donors (Lipinski definition) is 2. The molecule has 31 heavy (non-hydrogen) atoms. The maximum Gasteiger partial charge on any atom is 0.255 e. The molecule has 2 N–H and O–H groups in total. The molecule has 1 amide bonds. The quantitative estimate of drug-likeness (QED) is 0.672. The van der Waals surface area contributed by atoms with E-state index in [4.69, 9.17) is 0 Å². The number of nitrogens with one attached hydrogen (secondary N) is 2. The molecule has 160 valence electrons. The Morgan fingerprint density at radius 3 is 2.55 bits per heavy atom. The van der Waals surface area contributed by atoms with Gasteiger partial charge in [0.15, 0.2) is 5.78 Å². The number of benzene rings is 1. The second-order valence-electron chi connectivity index (χ2n) is 8.07. The first-order chi connectivity index (χ1) is 14.8. The van der Waals surface area contributed by atoms with Crippen molar-refractivity contribution in [2.75, 3.05) is 24.3 Å². The van der Waals surface area contributed by atoms with Gasteiger partial charge in [0.05, 0.1) is 0 Å². The number of amides is 1. The molecule has 1 atom stereocenters. The number of pyridine rings is 1. The number of aromatic nitrogens is 1. The predicted octanol–water partition coefficient (Wildman–Crippen LogP) is 4.52. The third kappa shape index (κ3) is 4.28. The van der Waals surface area contributed by atoms with Crippen molar-refractivity contribution in [2.45, 2.75) is 32.1 Å². The normalized spacial score (nSPS) is 18.5. The summed E-state index contributed by atoms with van der Waals surface area (Å²) in [5, 5.41) is 6.24. The predicted molar refractivity (Wildman–Crippen MR) is 126 cm³/mol. The summed E-state index contributed by atoms with van der Waals surface area (Å²) in [6.07, 6.45) is 3.79. The largest absolute Gasteiger partial charge is 0.378 e. The van der Waals surface area contributed by atoms with Crippen molar-refractivity contribution in [3.05, 3.63) is 75.2 Å². The SMILES string of the molecule is CC1=C(C(=O)Nc2ccc(Br)cn2)[C@@H](c2ccc(N(C)C)cc2)C2=C(CCCC2=O)N1. The van der Waals surface area contributed by atoms with Crippen molar-refractivity contribution in [1.29, 1.82) is 0 Å². The van der Waals surface area contributed by atoms with Crippen LogP contribution in [0, 0.1) is 0 Å². The minimum atomic E-state index is -0.407. The van der Waals surface area contributed by atoms with Crippen LogP contribution in [0.2, 0.25) is 0 Å². The van der Waals surface area contributed by atoms with Crippen LogP contribution in [0.3, 0.4) is 0 Å². The Bertz CT molecular complexity index is 1090. The number of halogens is 1. The average molecular weight is 481 g/mol. The van der Waals surface area contributed by atoms with Crippen LogP contribution >= 0.6 is 15.9 Å². The number of carbonyl (C=O) groups is 2. The van der Waals surface area contributed by atoms with Crippen molar-refractivity contribution in [1.82, 2.24) is 10.3 Å². The second kappa shape index (κ2) is 8.67. The van der Waals surface area contributed by atoms with Crippen LogP contribution in [0.5, 0.6) is 0 Å². The zero-order chi connectivity index (χ0) is 22.1. The van der Waals surface area contributed by atoms with E-state index in [1.54, 1.807) is 12.3 Å². The number of ketones is 1. The van der Waals surface area contributed by atoms with Gasteiger partial charge in [0.1, 0.15) is 5.82 Å². The van der Waals surface area contributed by atoms with Crippen molar-refractivity contribution in [2.24, 2.45) is 0 Å².